The quantitative estimate of drug-likeness (QED) is 0.337. The van der Waals surface area contributed by atoms with E-state index < -0.39 is 0 Å². The molecule has 0 aliphatic rings. The van der Waals surface area contributed by atoms with Gasteiger partial charge >= 0.3 is 5.97 Å². The molecule has 0 aliphatic heterocycles. The Hall–Kier alpha value is -3.12. The molecule has 0 spiro atoms. The molecule has 0 radical (unpaired) electrons. The summed E-state index contributed by atoms with van der Waals surface area (Å²) < 4.78 is 4.27. The maximum atomic E-state index is 10.2. The number of rotatable bonds is 3. The van der Waals surface area contributed by atoms with E-state index >= 15 is 0 Å². The van der Waals surface area contributed by atoms with Crippen molar-refractivity contribution in [2.75, 3.05) is 7.11 Å². The maximum Gasteiger partial charge on any atom is 0.332 e. The van der Waals surface area contributed by atoms with Crippen LogP contribution in [-0.4, -0.2) is 13.1 Å². The minimum atomic E-state index is -0.347. The third-order valence-corrected chi connectivity index (χ3v) is 1.83. The van der Waals surface area contributed by atoms with Gasteiger partial charge in [0.2, 0.25) is 0 Å². The van der Waals surface area contributed by atoms with Crippen molar-refractivity contribution in [2.45, 2.75) is 6.92 Å². The van der Waals surface area contributed by atoms with E-state index in [2.05, 4.69) is 37.6 Å². The van der Waals surface area contributed by atoms with Crippen molar-refractivity contribution in [3.05, 3.63) is 92.6 Å². The van der Waals surface area contributed by atoms with Crippen LogP contribution < -0.4 is 0 Å². The molecule has 122 valence electrons. The fraction of sp³-hybridized carbons (Fsp3) is 0.100. The number of ether oxygens (including phenoxy) is 1. The first-order valence-electron chi connectivity index (χ1n) is 6.60. The Morgan fingerprint density at radius 2 is 1.57 bits per heavy atom. The van der Waals surface area contributed by atoms with Crippen LogP contribution in [0.15, 0.2) is 87.0 Å². The first-order chi connectivity index (χ1) is 10.9. The number of methoxy groups -OCH3 is 1. The molecule has 0 aromatic heterocycles. The lowest BCUT2D eigenvalue weighted by atomic mass is 10.2. The van der Waals surface area contributed by atoms with E-state index in [1.54, 1.807) is 25.1 Å². The van der Waals surface area contributed by atoms with Crippen molar-refractivity contribution in [3.8, 4) is 6.07 Å². The molecular weight excluding hydrogens is 286 g/mol. The average Bonchev–Trinajstić information content (AvgIpc) is 2.62. The lowest BCUT2D eigenvalue weighted by molar-refractivity contribution is -0.136. The molecule has 1 aromatic carbocycles. The Morgan fingerprint density at radius 3 is 1.70 bits per heavy atom. The van der Waals surface area contributed by atoms with E-state index in [0.29, 0.717) is 5.57 Å². The number of nitriles is 1. The Morgan fingerprint density at radius 1 is 1.13 bits per heavy atom. The Balaban J connectivity index is -0.000000245. The number of carbonyl (C=O) groups is 1. The van der Waals surface area contributed by atoms with Crippen LogP contribution in [0, 0.1) is 11.3 Å². The molecule has 1 aromatic rings. The van der Waals surface area contributed by atoms with E-state index in [4.69, 9.17) is 5.26 Å². The Labute approximate surface area is 140 Å². The van der Waals surface area contributed by atoms with Gasteiger partial charge in [-0.3, -0.25) is 0 Å². The summed E-state index contributed by atoms with van der Waals surface area (Å²) in [6, 6.07) is 11.7. The highest BCUT2D eigenvalue weighted by Gasteiger charge is 1.95. The third-order valence-electron chi connectivity index (χ3n) is 1.83. The highest BCUT2D eigenvalue weighted by molar-refractivity contribution is 5.86. The molecule has 1 rings (SSSR count). The molecule has 0 amide bonds. The fourth-order valence-corrected chi connectivity index (χ4v) is 0.763. The van der Waals surface area contributed by atoms with E-state index in [1.807, 2.05) is 36.4 Å². The van der Waals surface area contributed by atoms with Crippen LogP contribution in [0.25, 0.3) is 6.08 Å². The number of hydrogen-bond donors (Lipinski definition) is 0. The molecule has 0 saturated carbocycles. The summed E-state index contributed by atoms with van der Waals surface area (Å²) in [5.74, 6) is -0.347. The van der Waals surface area contributed by atoms with Gasteiger partial charge in [0, 0.05) is 11.6 Å². The first-order valence-corrected chi connectivity index (χ1v) is 6.60. The molecule has 3 heteroatoms. The summed E-state index contributed by atoms with van der Waals surface area (Å²) in [6.07, 6.45) is 6.29. The number of esters is 1. The molecule has 0 heterocycles. The number of carbonyl (C=O) groups excluding carboxylic acids is 1. The SMILES string of the molecule is C=C(C)C(=O)OC.C=CC#N.C=CC=C.C=Cc1ccccc1. The second-order valence-electron chi connectivity index (χ2n) is 3.69. The minimum absolute atomic E-state index is 0.347. The Bertz CT molecular complexity index is 516. The molecule has 0 N–H and O–H groups in total. The molecule has 0 unspecified atom stereocenters. The zero-order valence-corrected chi connectivity index (χ0v) is 14.0. The van der Waals surface area contributed by atoms with Gasteiger partial charge in [-0.1, -0.05) is 81.5 Å². The molecular formula is C20H25NO2. The molecule has 23 heavy (non-hydrogen) atoms. The topological polar surface area (TPSA) is 50.1 Å². The number of nitrogens with zero attached hydrogens (tertiary/aromatic N) is 1. The molecule has 3 nitrogen and oxygen atoms in total. The molecule has 0 atom stereocenters. The zero-order chi connectivity index (χ0) is 18.5. The van der Waals surface area contributed by atoms with E-state index in [0.717, 1.165) is 0 Å². The average molecular weight is 311 g/mol. The summed E-state index contributed by atoms with van der Waals surface area (Å²) in [6.45, 7) is 18.4. The van der Waals surface area contributed by atoms with Crippen LogP contribution in [-0.2, 0) is 9.53 Å². The second kappa shape index (κ2) is 21.2. The van der Waals surface area contributed by atoms with Crippen LogP contribution in [0.3, 0.4) is 0 Å². The number of allylic oxidation sites excluding steroid dienone is 3. The largest absolute Gasteiger partial charge is 0.466 e. The van der Waals surface area contributed by atoms with E-state index in [-0.39, 0.29) is 5.97 Å². The summed E-state index contributed by atoms with van der Waals surface area (Å²) in [4.78, 5) is 10.2. The first kappa shape index (κ1) is 24.9. The fourth-order valence-electron chi connectivity index (χ4n) is 0.763. The summed E-state index contributed by atoms with van der Waals surface area (Å²) >= 11 is 0. The lowest BCUT2D eigenvalue weighted by Crippen LogP contribution is -1.98. The van der Waals surface area contributed by atoms with Crippen molar-refractivity contribution in [1.82, 2.24) is 0 Å². The minimum Gasteiger partial charge on any atom is -0.466 e. The van der Waals surface area contributed by atoms with Gasteiger partial charge in [-0.05, 0) is 12.5 Å². The van der Waals surface area contributed by atoms with Crippen LogP contribution in [0.2, 0.25) is 0 Å². The monoisotopic (exact) mass is 311 g/mol. The van der Waals surface area contributed by atoms with Gasteiger partial charge in [0.05, 0.1) is 13.2 Å². The van der Waals surface area contributed by atoms with Gasteiger partial charge in [0.25, 0.3) is 0 Å². The predicted octanol–water partition coefficient (Wildman–Crippen LogP) is 5.12. The van der Waals surface area contributed by atoms with Crippen LogP contribution in [0.1, 0.15) is 12.5 Å². The molecule has 0 fully saturated rings. The highest BCUT2D eigenvalue weighted by atomic mass is 16.5. The lowest BCUT2D eigenvalue weighted by Gasteiger charge is -1.91. The normalized spacial score (nSPS) is 6.83. The van der Waals surface area contributed by atoms with Gasteiger partial charge in [-0.15, -0.1) is 0 Å². The predicted molar refractivity (Wildman–Crippen MR) is 99.6 cm³/mol. The standard InChI is InChI=1S/C8H8.C5H8O2.C4H6.C3H3N/c1-2-8-6-4-3-5-7-8;1-4(2)5(6)7-3;1-3-4-2;1-2-3-4/h2-7H,1H2;1H2,2-3H3;3-4H,1-2H2;2H,1H2. The van der Waals surface area contributed by atoms with Crippen molar-refractivity contribution >= 4 is 12.0 Å². The number of benzene rings is 1. The summed E-state index contributed by atoms with van der Waals surface area (Å²) in [7, 11) is 1.33. The van der Waals surface area contributed by atoms with E-state index in [9.17, 15) is 4.79 Å². The van der Waals surface area contributed by atoms with Gasteiger partial charge in [0.1, 0.15) is 0 Å². The van der Waals surface area contributed by atoms with Gasteiger partial charge in [-0.25, -0.2) is 4.79 Å². The molecule has 0 saturated heterocycles. The van der Waals surface area contributed by atoms with Gasteiger partial charge in [-0.2, -0.15) is 5.26 Å². The summed E-state index contributed by atoms with van der Waals surface area (Å²) in [5.41, 5.74) is 1.61. The van der Waals surface area contributed by atoms with Crippen molar-refractivity contribution in [2.24, 2.45) is 0 Å². The van der Waals surface area contributed by atoms with Crippen LogP contribution >= 0.6 is 0 Å². The van der Waals surface area contributed by atoms with Crippen molar-refractivity contribution in [3.63, 3.8) is 0 Å². The molecule has 0 aliphatic carbocycles. The van der Waals surface area contributed by atoms with Crippen molar-refractivity contribution < 1.29 is 9.53 Å². The maximum absolute atomic E-state index is 10.2. The Kier molecular flexibility index (Phi) is 22.9. The number of hydrogen-bond acceptors (Lipinski definition) is 3. The van der Waals surface area contributed by atoms with E-state index in [1.165, 1.54) is 18.7 Å². The second-order valence-corrected chi connectivity index (χ2v) is 3.69. The van der Waals surface area contributed by atoms with Gasteiger partial charge < -0.3 is 4.74 Å². The smallest absolute Gasteiger partial charge is 0.332 e. The highest BCUT2D eigenvalue weighted by Crippen LogP contribution is 1.97. The molecule has 0 bridgehead atoms. The van der Waals surface area contributed by atoms with Crippen molar-refractivity contribution in [1.29, 1.82) is 5.26 Å². The zero-order valence-electron chi connectivity index (χ0n) is 14.0. The summed E-state index contributed by atoms with van der Waals surface area (Å²) in [5, 5.41) is 7.51. The van der Waals surface area contributed by atoms with Gasteiger partial charge in [0.15, 0.2) is 0 Å². The van der Waals surface area contributed by atoms with Crippen LogP contribution in [0.5, 0.6) is 0 Å². The third kappa shape index (κ3) is 24.3. The van der Waals surface area contributed by atoms with Crippen LogP contribution in [0.4, 0.5) is 0 Å².